The molecule has 28 heavy (non-hydrogen) atoms. The topological polar surface area (TPSA) is 87.7 Å². The zero-order chi connectivity index (χ0) is 20.9. The Balaban J connectivity index is 1.93. The number of benzene rings is 1. The van der Waals surface area contributed by atoms with Crippen LogP contribution in [0.2, 0.25) is 5.02 Å². The van der Waals surface area contributed by atoms with E-state index >= 15 is 0 Å². The molecule has 1 saturated heterocycles. The van der Waals surface area contributed by atoms with Gasteiger partial charge >= 0.3 is 24.1 Å². The van der Waals surface area contributed by atoms with Gasteiger partial charge in [0.25, 0.3) is 0 Å². The van der Waals surface area contributed by atoms with Crippen molar-refractivity contribution in [2.75, 3.05) is 25.0 Å². The summed E-state index contributed by atoms with van der Waals surface area (Å²) in [6.45, 7) is 2.61. The number of ether oxygens (including phenoxy) is 1. The van der Waals surface area contributed by atoms with Gasteiger partial charge in [-0.1, -0.05) is 11.6 Å². The molecular weight excluding hydrogens is 403 g/mol. The Kier molecular flexibility index (Phi) is 7.11. The molecule has 1 fully saturated rings. The molecule has 0 atom stereocenters. The third-order valence-electron chi connectivity index (χ3n) is 4.10. The molecule has 154 valence electrons. The van der Waals surface area contributed by atoms with Gasteiger partial charge in [-0.15, -0.1) is 0 Å². The maximum Gasteiger partial charge on any atom is 0.418 e. The Morgan fingerprint density at radius 1 is 1.21 bits per heavy atom. The highest BCUT2D eigenvalue weighted by atomic mass is 35.5. The predicted molar refractivity (Wildman–Crippen MR) is 94.8 cm³/mol. The van der Waals surface area contributed by atoms with E-state index in [1.807, 2.05) is 5.32 Å². The fourth-order valence-corrected chi connectivity index (χ4v) is 2.88. The second-order valence-electron chi connectivity index (χ2n) is 6.08. The maximum atomic E-state index is 13.1. The quantitative estimate of drug-likeness (QED) is 0.734. The van der Waals surface area contributed by atoms with E-state index in [1.54, 1.807) is 6.92 Å². The van der Waals surface area contributed by atoms with Gasteiger partial charge in [-0.25, -0.2) is 4.79 Å². The number of alkyl halides is 3. The molecule has 0 spiro atoms. The van der Waals surface area contributed by atoms with Crippen LogP contribution in [0.5, 0.6) is 0 Å². The van der Waals surface area contributed by atoms with Crippen LogP contribution in [0.4, 0.5) is 23.7 Å². The molecule has 0 aliphatic carbocycles. The number of halogens is 4. The number of nitrogens with one attached hydrogen (secondary N) is 2. The number of piperidine rings is 1. The largest absolute Gasteiger partial charge is 0.450 e. The highest BCUT2D eigenvalue weighted by Gasteiger charge is 2.35. The first-order valence-corrected chi connectivity index (χ1v) is 8.90. The lowest BCUT2D eigenvalue weighted by Gasteiger charge is -2.31. The molecule has 0 saturated carbocycles. The summed E-state index contributed by atoms with van der Waals surface area (Å²) < 4.78 is 44.1. The van der Waals surface area contributed by atoms with Crippen LogP contribution < -0.4 is 10.6 Å². The highest BCUT2D eigenvalue weighted by molar-refractivity contribution is 6.39. The third kappa shape index (κ3) is 5.75. The van der Waals surface area contributed by atoms with E-state index in [0.29, 0.717) is 32.0 Å². The smallest absolute Gasteiger partial charge is 0.418 e. The van der Waals surface area contributed by atoms with Crippen molar-refractivity contribution in [1.82, 2.24) is 10.2 Å². The average Bonchev–Trinajstić information content (AvgIpc) is 2.63. The van der Waals surface area contributed by atoms with Crippen LogP contribution in [0.15, 0.2) is 18.2 Å². The summed E-state index contributed by atoms with van der Waals surface area (Å²) in [6, 6.07) is 2.44. The molecule has 2 N–H and O–H groups in total. The first kappa shape index (κ1) is 21.8. The third-order valence-corrected chi connectivity index (χ3v) is 4.33. The fraction of sp³-hybridized carbons (Fsp3) is 0.471. The summed E-state index contributed by atoms with van der Waals surface area (Å²) in [4.78, 5) is 37.1. The SMILES string of the molecule is CCOC(=O)N1CCC(NC(=O)C(=O)Nc2ccc(Cl)cc2C(F)(F)F)CC1. The van der Waals surface area contributed by atoms with Crippen LogP contribution in [0.25, 0.3) is 0 Å². The van der Waals surface area contributed by atoms with Gasteiger partial charge in [-0.05, 0) is 38.0 Å². The van der Waals surface area contributed by atoms with Crippen LogP contribution in [0.1, 0.15) is 25.3 Å². The number of hydrogen-bond acceptors (Lipinski definition) is 4. The summed E-state index contributed by atoms with van der Waals surface area (Å²) in [5, 5.41) is 4.28. The molecule has 0 aromatic heterocycles. The molecule has 0 bridgehead atoms. The standard InChI is InChI=1S/C17H19ClF3N3O4/c1-2-28-16(27)24-7-5-11(6-8-24)22-14(25)15(26)23-13-4-3-10(18)9-12(13)17(19,20)21/h3-4,9,11H,2,5-8H2,1H3,(H,22,25)(H,23,26). The Morgan fingerprint density at radius 2 is 1.86 bits per heavy atom. The van der Waals surface area contributed by atoms with E-state index in [9.17, 15) is 27.6 Å². The molecular formula is C17H19ClF3N3O4. The van der Waals surface area contributed by atoms with Gasteiger partial charge in [0.15, 0.2) is 0 Å². The molecule has 1 aliphatic heterocycles. The number of hydrogen-bond donors (Lipinski definition) is 2. The predicted octanol–water partition coefficient (Wildman–Crippen LogP) is 3.03. The summed E-state index contributed by atoms with van der Waals surface area (Å²) in [5.74, 6) is -2.28. The van der Waals surface area contributed by atoms with E-state index in [1.165, 1.54) is 11.0 Å². The molecule has 1 heterocycles. The van der Waals surface area contributed by atoms with E-state index in [-0.39, 0.29) is 17.7 Å². The molecule has 2 rings (SSSR count). The average molecular weight is 422 g/mol. The Hall–Kier alpha value is -2.49. The van der Waals surface area contributed by atoms with Gasteiger partial charge in [0.05, 0.1) is 17.9 Å². The molecule has 7 nitrogen and oxygen atoms in total. The molecule has 1 aliphatic rings. The van der Waals surface area contributed by atoms with Crippen LogP contribution in [0, 0.1) is 0 Å². The van der Waals surface area contributed by atoms with E-state index in [4.69, 9.17) is 16.3 Å². The van der Waals surface area contributed by atoms with Crippen LogP contribution in [-0.2, 0) is 20.5 Å². The van der Waals surface area contributed by atoms with E-state index < -0.39 is 35.3 Å². The van der Waals surface area contributed by atoms with Crippen molar-refractivity contribution in [2.45, 2.75) is 32.0 Å². The van der Waals surface area contributed by atoms with Crippen LogP contribution >= 0.6 is 11.6 Å². The molecule has 1 aromatic rings. The fourth-order valence-electron chi connectivity index (χ4n) is 2.71. The molecule has 0 radical (unpaired) electrons. The minimum Gasteiger partial charge on any atom is -0.450 e. The maximum absolute atomic E-state index is 13.1. The number of amides is 3. The van der Waals surface area contributed by atoms with Crippen molar-refractivity contribution in [2.24, 2.45) is 0 Å². The van der Waals surface area contributed by atoms with Crippen molar-refractivity contribution in [1.29, 1.82) is 0 Å². The summed E-state index contributed by atoms with van der Waals surface area (Å²) >= 11 is 5.58. The van der Waals surface area contributed by atoms with Gasteiger partial charge < -0.3 is 20.3 Å². The Bertz CT molecular complexity index is 750. The van der Waals surface area contributed by atoms with Crippen LogP contribution in [0.3, 0.4) is 0 Å². The highest BCUT2D eigenvalue weighted by Crippen LogP contribution is 2.36. The van der Waals surface area contributed by atoms with Crippen molar-refractivity contribution in [3.63, 3.8) is 0 Å². The van der Waals surface area contributed by atoms with E-state index in [0.717, 1.165) is 6.07 Å². The lowest BCUT2D eigenvalue weighted by molar-refractivity contribution is -0.138. The lowest BCUT2D eigenvalue weighted by atomic mass is 10.1. The summed E-state index contributed by atoms with van der Waals surface area (Å²) in [5.41, 5.74) is -1.71. The van der Waals surface area contributed by atoms with Gasteiger partial charge in [0, 0.05) is 24.2 Å². The minimum absolute atomic E-state index is 0.150. The number of likely N-dealkylation sites (tertiary alicyclic amines) is 1. The molecule has 3 amide bonds. The molecule has 11 heteroatoms. The van der Waals surface area contributed by atoms with Crippen molar-refractivity contribution in [3.8, 4) is 0 Å². The zero-order valence-electron chi connectivity index (χ0n) is 14.9. The Morgan fingerprint density at radius 3 is 2.43 bits per heavy atom. The number of nitrogens with zero attached hydrogens (tertiary/aromatic N) is 1. The van der Waals surface area contributed by atoms with Gasteiger partial charge in [-0.2, -0.15) is 13.2 Å². The number of carbonyl (C=O) groups is 3. The van der Waals surface area contributed by atoms with E-state index in [2.05, 4.69) is 5.32 Å². The van der Waals surface area contributed by atoms with Crippen molar-refractivity contribution >= 4 is 35.2 Å². The van der Waals surface area contributed by atoms with Gasteiger partial charge in [-0.3, -0.25) is 9.59 Å². The van der Waals surface area contributed by atoms with Crippen molar-refractivity contribution in [3.05, 3.63) is 28.8 Å². The number of anilines is 1. The normalized spacial score (nSPS) is 15.1. The zero-order valence-corrected chi connectivity index (χ0v) is 15.7. The number of carbonyl (C=O) groups excluding carboxylic acids is 3. The summed E-state index contributed by atoms with van der Waals surface area (Å²) in [6.07, 6.45) is -4.41. The van der Waals surface area contributed by atoms with Crippen molar-refractivity contribution < 1.29 is 32.3 Å². The second kappa shape index (κ2) is 9.13. The molecule has 0 unspecified atom stereocenters. The second-order valence-corrected chi connectivity index (χ2v) is 6.51. The summed E-state index contributed by atoms with van der Waals surface area (Å²) in [7, 11) is 0. The van der Waals surface area contributed by atoms with Gasteiger partial charge in [0.2, 0.25) is 0 Å². The first-order valence-electron chi connectivity index (χ1n) is 8.52. The van der Waals surface area contributed by atoms with Gasteiger partial charge in [0.1, 0.15) is 0 Å². The minimum atomic E-state index is -4.75. The van der Waals surface area contributed by atoms with Crippen LogP contribution in [-0.4, -0.2) is 48.5 Å². The lowest BCUT2D eigenvalue weighted by Crippen LogP contribution is -2.49. The molecule has 1 aromatic carbocycles. The monoisotopic (exact) mass is 421 g/mol. The Labute approximate surface area is 164 Å². The number of rotatable bonds is 3. The first-order chi connectivity index (χ1) is 13.1.